The SMILES string of the molecule is NC(Cc1ccc(F)cc1F)C1CCCO1. The van der Waals surface area contributed by atoms with Crippen LogP contribution in [0.3, 0.4) is 0 Å². The van der Waals surface area contributed by atoms with Gasteiger partial charge < -0.3 is 10.5 Å². The van der Waals surface area contributed by atoms with Crippen molar-refractivity contribution in [3.05, 3.63) is 35.4 Å². The van der Waals surface area contributed by atoms with Crippen molar-refractivity contribution in [1.82, 2.24) is 0 Å². The summed E-state index contributed by atoms with van der Waals surface area (Å²) < 4.78 is 31.5. The summed E-state index contributed by atoms with van der Waals surface area (Å²) in [4.78, 5) is 0. The first-order valence-corrected chi connectivity index (χ1v) is 5.48. The molecule has 0 bridgehead atoms. The Balaban J connectivity index is 2.02. The molecular formula is C12H15F2NO. The number of hydrogen-bond acceptors (Lipinski definition) is 2. The van der Waals surface area contributed by atoms with E-state index in [4.69, 9.17) is 10.5 Å². The van der Waals surface area contributed by atoms with E-state index in [1.54, 1.807) is 0 Å². The van der Waals surface area contributed by atoms with Crippen molar-refractivity contribution in [2.45, 2.75) is 31.4 Å². The largest absolute Gasteiger partial charge is 0.377 e. The minimum absolute atomic E-state index is 0.00412. The van der Waals surface area contributed by atoms with Gasteiger partial charge in [0, 0.05) is 18.7 Å². The van der Waals surface area contributed by atoms with Gasteiger partial charge in [-0.1, -0.05) is 6.07 Å². The van der Waals surface area contributed by atoms with E-state index in [1.165, 1.54) is 12.1 Å². The summed E-state index contributed by atoms with van der Waals surface area (Å²) in [5.41, 5.74) is 6.38. The number of benzene rings is 1. The molecule has 1 aliphatic heterocycles. The van der Waals surface area contributed by atoms with E-state index in [2.05, 4.69) is 0 Å². The number of halogens is 2. The van der Waals surface area contributed by atoms with Crippen LogP contribution >= 0.6 is 0 Å². The first-order valence-electron chi connectivity index (χ1n) is 5.48. The van der Waals surface area contributed by atoms with Gasteiger partial charge in [0.25, 0.3) is 0 Å². The predicted molar refractivity (Wildman–Crippen MR) is 57.0 cm³/mol. The second kappa shape index (κ2) is 4.89. The Morgan fingerprint density at radius 1 is 1.44 bits per heavy atom. The third kappa shape index (κ3) is 2.57. The zero-order valence-corrected chi connectivity index (χ0v) is 8.96. The van der Waals surface area contributed by atoms with Gasteiger partial charge in [0.1, 0.15) is 11.6 Å². The van der Waals surface area contributed by atoms with Crippen molar-refractivity contribution in [3.63, 3.8) is 0 Å². The molecule has 2 atom stereocenters. The topological polar surface area (TPSA) is 35.2 Å². The van der Waals surface area contributed by atoms with Crippen LogP contribution in [0.2, 0.25) is 0 Å². The highest BCUT2D eigenvalue weighted by atomic mass is 19.1. The molecule has 88 valence electrons. The first kappa shape index (κ1) is 11.5. The quantitative estimate of drug-likeness (QED) is 0.857. The lowest BCUT2D eigenvalue weighted by Gasteiger charge is -2.18. The molecule has 16 heavy (non-hydrogen) atoms. The minimum Gasteiger partial charge on any atom is -0.377 e. The van der Waals surface area contributed by atoms with Crippen LogP contribution in [0.4, 0.5) is 8.78 Å². The second-order valence-corrected chi connectivity index (χ2v) is 4.16. The van der Waals surface area contributed by atoms with Crippen LogP contribution in [0, 0.1) is 11.6 Å². The van der Waals surface area contributed by atoms with Gasteiger partial charge >= 0.3 is 0 Å². The van der Waals surface area contributed by atoms with Gasteiger partial charge in [-0.15, -0.1) is 0 Å². The summed E-state index contributed by atoms with van der Waals surface area (Å²) in [7, 11) is 0. The molecule has 0 aliphatic carbocycles. The Hall–Kier alpha value is -1.00. The third-order valence-electron chi connectivity index (χ3n) is 2.91. The maximum absolute atomic E-state index is 13.4. The summed E-state index contributed by atoms with van der Waals surface area (Å²) in [6.45, 7) is 0.726. The number of hydrogen-bond donors (Lipinski definition) is 1. The van der Waals surface area contributed by atoms with Gasteiger partial charge in [-0.25, -0.2) is 8.78 Å². The fourth-order valence-corrected chi connectivity index (χ4v) is 2.01. The lowest BCUT2D eigenvalue weighted by molar-refractivity contribution is 0.0898. The van der Waals surface area contributed by atoms with Crippen LogP contribution in [-0.4, -0.2) is 18.8 Å². The van der Waals surface area contributed by atoms with Crippen molar-refractivity contribution in [2.24, 2.45) is 5.73 Å². The van der Waals surface area contributed by atoms with E-state index >= 15 is 0 Å². The summed E-state index contributed by atoms with van der Waals surface area (Å²) in [6.07, 6.45) is 2.31. The van der Waals surface area contributed by atoms with E-state index in [1.807, 2.05) is 0 Å². The lowest BCUT2D eigenvalue weighted by Crippen LogP contribution is -2.36. The molecule has 1 heterocycles. The fourth-order valence-electron chi connectivity index (χ4n) is 2.01. The van der Waals surface area contributed by atoms with Gasteiger partial charge in [0.2, 0.25) is 0 Å². The molecule has 0 amide bonds. The molecule has 1 aromatic carbocycles. The van der Waals surface area contributed by atoms with Crippen molar-refractivity contribution in [1.29, 1.82) is 0 Å². The van der Waals surface area contributed by atoms with Gasteiger partial charge in [-0.05, 0) is 30.9 Å². The molecule has 0 radical (unpaired) electrons. The van der Waals surface area contributed by atoms with Crippen molar-refractivity contribution in [3.8, 4) is 0 Å². The summed E-state index contributed by atoms with van der Waals surface area (Å²) in [5, 5.41) is 0. The smallest absolute Gasteiger partial charge is 0.129 e. The average Bonchev–Trinajstić information content (AvgIpc) is 2.75. The van der Waals surface area contributed by atoms with Crippen molar-refractivity contribution >= 4 is 0 Å². The monoisotopic (exact) mass is 227 g/mol. The molecule has 0 saturated carbocycles. The third-order valence-corrected chi connectivity index (χ3v) is 2.91. The lowest BCUT2D eigenvalue weighted by atomic mass is 10.00. The highest BCUT2D eigenvalue weighted by Gasteiger charge is 2.23. The Morgan fingerprint density at radius 3 is 2.88 bits per heavy atom. The van der Waals surface area contributed by atoms with E-state index in [-0.39, 0.29) is 12.1 Å². The van der Waals surface area contributed by atoms with Crippen LogP contribution in [-0.2, 0) is 11.2 Å². The van der Waals surface area contributed by atoms with E-state index in [9.17, 15) is 8.78 Å². The Labute approximate surface area is 93.4 Å². The number of nitrogens with two attached hydrogens (primary N) is 1. The van der Waals surface area contributed by atoms with Crippen LogP contribution in [0.15, 0.2) is 18.2 Å². The zero-order chi connectivity index (χ0) is 11.5. The standard InChI is InChI=1S/C12H15F2NO/c13-9-4-3-8(10(14)7-9)6-11(15)12-2-1-5-16-12/h3-4,7,11-12H,1-2,5-6,15H2. The second-order valence-electron chi connectivity index (χ2n) is 4.16. The molecule has 1 saturated heterocycles. The van der Waals surface area contributed by atoms with Crippen LogP contribution in [0.1, 0.15) is 18.4 Å². The van der Waals surface area contributed by atoms with Crippen LogP contribution < -0.4 is 5.73 Å². The Bertz CT molecular complexity index is 364. The van der Waals surface area contributed by atoms with E-state index < -0.39 is 11.6 Å². The molecular weight excluding hydrogens is 212 g/mol. The van der Waals surface area contributed by atoms with E-state index in [0.717, 1.165) is 25.5 Å². The van der Waals surface area contributed by atoms with Crippen molar-refractivity contribution in [2.75, 3.05) is 6.61 Å². The van der Waals surface area contributed by atoms with Gasteiger partial charge in [-0.3, -0.25) is 0 Å². The van der Waals surface area contributed by atoms with Gasteiger partial charge in [0.05, 0.1) is 6.10 Å². The van der Waals surface area contributed by atoms with Crippen LogP contribution in [0.5, 0.6) is 0 Å². The minimum atomic E-state index is -0.563. The predicted octanol–water partition coefficient (Wildman–Crippen LogP) is 2.01. The summed E-state index contributed by atoms with van der Waals surface area (Å²) >= 11 is 0. The van der Waals surface area contributed by atoms with E-state index in [0.29, 0.717) is 12.0 Å². The summed E-state index contributed by atoms with van der Waals surface area (Å²) in [5.74, 6) is -1.10. The first-order chi connectivity index (χ1) is 7.66. The molecule has 2 unspecified atom stereocenters. The molecule has 4 heteroatoms. The molecule has 0 spiro atoms. The molecule has 2 N–H and O–H groups in total. The molecule has 0 aromatic heterocycles. The number of rotatable bonds is 3. The molecule has 2 nitrogen and oxygen atoms in total. The average molecular weight is 227 g/mol. The Kier molecular flexibility index (Phi) is 3.51. The highest BCUT2D eigenvalue weighted by molar-refractivity contribution is 5.19. The van der Waals surface area contributed by atoms with Gasteiger partial charge in [0.15, 0.2) is 0 Å². The zero-order valence-electron chi connectivity index (χ0n) is 8.96. The molecule has 1 fully saturated rings. The van der Waals surface area contributed by atoms with Gasteiger partial charge in [-0.2, -0.15) is 0 Å². The molecule has 1 aromatic rings. The fraction of sp³-hybridized carbons (Fsp3) is 0.500. The Morgan fingerprint density at radius 2 is 2.25 bits per heavy atom. The maximum Gasteiger partial charge on any atom is 0.129 e. The van der Waals surface area contributed by atoms with Crippen LogP contribution in [0.25, 0.3) is 0 Å². The normalized spacial score (nSPS) is 22.3. The highest BCUT2D eigenvalue weighted by Crippen LogP contribution is 2.19. The molecule has 1 aliphatic rings. The maximum atomic E-state index is 13.4. The number of ether oxygens (including phenoxy) is 1. The van der Waals surface area contributed by atoms with Crippen molar-refractivity contribution < 1.29 is 13.5 Å². The molecule has 2 rings (SSSR count). The summed E-state index contributed by atoms with van der Waals surface area (Å²) in [6, 6.07) is 3.36.